The number of halogens is 2. The van der Waals surface area contributed by atoms with Crippen LogP contribution in [0.5, 0.6) is 0 Å². The highest BCUT2D eigenvalue weighted by atomic mass is 19.1. The third-order valence-electron chi connectivity index (χ3n) is 2.85. The van der Waals surface area contributed by atoms with Crippen molar-refractivity contribution in [1.82, 2.24) is 0 Å². The molecule has 0 aromatic heterocycles. The molecule has 0 saturated heterocycles. The average Bonchev–Trinajstić information content (AvgIpc) is 2.37. The number of aryl methyl sites for hydroxylation is 2. The molecule has 0 spiro atoms. The first-order valence-electron chi connectivity index (χ1n) is 5.81. The fourth-order valence-corrected chi connectivity index (χ4v) is 1.66. The van der Waals surface area contributed by atoms with Crippen LogP contribution in [0.3, 0.4) is 0 Å². The highest BCUT2D eigenvalue weighted by molar-refractivity contribution is 6.04. The summed E-state index contributed by atoms with van der Waals surface area (Å²) in [5.41, 5.74) is 1.60. The summed E-state index contributed by atoms with van der Waals surface area (Å²) in [6.07, 6.45) is 0. The van der Waals surface area contributed by atoms with Crippen LogP contribution in [0, 0.1) is 25.5 Å². The van der Waals surface area contributed by atoms with Crippen molar-refractivity contribution in [3.05, 3.63) is 64.7 Å². The van der Waals surface area contributed by atoms with Crippen molar-refractivity contribution >= 4 is 11.6 Å². The van der Waals surface area contributed by atoms with Gasteiger partial charge in [-0.15, -0.1) is 0 Å². The number of hydrogen-bond acceptors (Lipinski definition) is 1. The second-order valence-electron chi connectivity index (χ2n) is 4.38. The van der Waals surface area contributed by atoms with Crippen molar-refractivity contribution in [1.29, 1.82) is 0 Å². The molecule has 0 radical (unpaired) electrons. The number of hydrogen-bond donors (Lipinski definition) is 1. The van der Waals surface area contributed by atoms with E-state index in [9.17, 15) is 13.6 Å². The van der Waals surface area contributed by atoms with Gasteiger partial charge in [-0.05, 0) is 55.3 Å². The monoisotopic (exact) mass is 261 g/mol. The second-order valence-corrected chi connectivity index (χ2v) is 4.38. The zero-order chi connectivity index (χ0) is 14.0. The Labute approximate surface area is 110 Å². The number of benzene rings is 2. The summed E-state index contributed by atoms with van der Waals surface area (Å²) in [6, 6.07) is 8.54. The summed E-state index contributed by atoms with van der Waals surface area (Å²) in [6.45, 7) is 3.22. The van der Waals surface area contributed by atoms with Crippen molar-refractivity contribution in [3.63, 3.8) is 0 Å². The Balaban J connectivity index is 2.20. The van der Waals surface area contributed by atoms with Gasteiger partial charge >= 0.3 is 0 Å². The minimum Gasteiger partial charge on any atom is -0.322 e. The summed E-state index contributed by atoms with van der Waals surface area (Å²) < 4.78 is 26.5. The summed E-state index contributed by atoms with van der Waals surface area (Å²) in [5, 5.41) is 2.57. The zero-order valence-corrected chi connectivity index (χ0v) is 10.6. The van der Waals surface area contributed by atoms with Crippen LogP contribution in [-0.4, -0.2) is 5.91 Å². The molecule has 0 saturated carbocycles. The molecule has 2 aromatic rings. The van der Waals surface area contributed by atoms with E-state index in [0.717, 1.165) is 0 Å². The lowest BCUT2D eigenvalue weighted by Gasteiger charge is -2.07. The molecule has 98 valence electrons. The summed E-state index contributed by atoms with van der Waals surface area (Å²) in [7, 11) is 0. The minimum absolute atomic E-state index is 0.333. The quantitative estimate of drug-likeness (QED) is 0.874. The molecule has 0 fully saturated rings. The normalized spacial score (nSPS) is 10.3. The molecule has 19 heavy (non-hydrogen) atoms. The van der Waals surface area contributed by atoms with E-state index in [-0.39, 0.29) is 11.6 Å². The van der Waals surface area contributed by atoms with E-state index < -0.39 is 5.91 Å². The molecule has 0 aliphatic carbocycles. The highest BCUT2D eigenvalue weighted by Crippen LogP contribution is 2.16. The molecule has 2 rings (SSSR count). The lowest BCUT2D eigenvalue weighted by molar-refractivity contribution is 0.102. The van der Waals surface area contributed by atoms with E-state index in [1.807, 2.05) is 0 Å². The van der Waals surface area contributed by atoms with Crippen molar-refractivity contribution in [2.24, 2.45) is 0 Å². The van der Waals surface area contributed by atoms with Gasteiger partial charge in [-0.1, -0.05) is 6.07 Å². The van der Waals surface area contributed by atoms with Gasteiger partial charge in [0.15, 0.2) is 0 Å². The van der Waals surface area contributed by atoms with E-state index in [0.29, 0.717) is 22.4 Å². The number of anilines is 1. The molecule has 0 bridgehead atoms. The molecule has 0 atom stereocenters. The van der Waals surface area contributed by atoms with Gasteiger partial charge in [0, 0.05) is 11.3 Å². The number of carbonyl (C=O) groups excluding carboxylic acids is 1. The Hall–Kier alpha value is -2.23. The molecule has 2 aromatic carbocycles. The van der Waals surface area contributed by atoms with Gasteiger partial charge in [-0.25, -0.2) is 8.78 Å². The predicted molar refractivity (Wildman–Crippen MR) is 70.2 cm³/mol. The first-order chi connectivity index (χ1) is 8.97. The summed E-state index contributed by atoms with van der Waals surface area (Å²) in [4.78, 5) is 11.9. The molecular weight excluding hydrogens is 248 g/mol. The van der Waals surface area contributed by atoms with Gasteiger partial charge in [0.1, 0.15) is 11.6 Å². The number of rotatable bonds is 2. The Morgan fingerprint density at radius 1 is 0.947 bits per heavy atom. The first kappa shape index (κ1) is 13.2. The second kappa shape index (κ2) is 5.18. The Morgan fingerprint density at radius 3 is 2.32 bits per heavy atom. The van der Waals surface area contributed by atoms with E-state index in [1.165, 1.54) is 24.3 Å². The lowest BCUT2D eigenvalue weighted by atomic mass is 10.1. The van der Waals surface area contributed by atoms with Crippen LogP contribution in [-0.2, 0) is 0 Å². The third kappa shape index (κ3) is 2.96. The largest absolute Gasteiger partial charge is 0.322 e. The van der Waals surface area contributed by atoms with Crippen molar-refractivity contribution in [2.75, 3.05) is 5.32 Å². The van der Waals surface area contributed by atoms with E-state index in [2.05, 4.69) is 5.32 Å². The van der Waals surface area contributed by atoms with Crippen molar-refractivity contribution in [3.8, 4) is 0 Å². The maximum absolute atomic E-state index is 13.3. The van der Waals surface area contributed by atoms with Gasteiger partial charge in [-0.2, -0.15) is 0 Å². The van der Waals surface area contributed by atoms with Gasteiger partial charge in [0.25, 0.3) is 5.91 Å². The van der Waals surface area contributed by atoms with E-state index >= 15 is 0 Å². The SMILES string of the molecule is Cc1cc(C(=O)Nc2ccc(C)c(F)c2)ccc1F. The minimum atomic E-state index is -0.397. The Morgan fingerprint density at radius 2 is 1.68 bits per heavy atom. The maximum Gasteiger partial charge on any atom is 0.255 e. The standard InChI is InChI=1S/C15H13F2NO/c1-9-3-5-12(8-14(9)17)18-15(19)11-4-6-13(16)10(2)7-11/h3-8H,1-2H3,(H,18,19). The van der Waals surface area contributed by atoms with Crippen LogP contribution < -0.4 is 5.32 Å². The molecule has 0 heterocycles. The molecule has 2 nitrogen and oxygen atoms in total. The fourth-order valence-electron chi connectivity index (χ4n) is 1.66. The van der Waals surface area contributed by atoms with Gasteiger partial charge < -0.3 is 5.32 Å². The Bertz CT molecular complexity index is 638. The third-order valence-corrected chi connectivity index (χ3v) is 2.85. The topological polar surface area (TPSA) is 29.1 Å². The van der Waals surface area contributed by atoms with Gasteiger partial charge in [-0.3, -0.25) is 4.79 Å². The lowest BCUT2D eigenvalue weighted by Crippen LogP contribution is -2.12. The Kier molecular flexibility index (Phi) is 3.60. The smallest absolute Gasteiger partial charge is 0.255 e. The number of nitrogens with one attached hydrogen (secondary N) is 1. The van der Waals surface area contributed by atoms with Gasteiger partial charge in [0.2, 0.25) is 0 Å². The van der Waals surface area contributed by atoms with Crippen LogP contribution in [0.25, 0.3) is 0 Å². The summed E-state index contributed by atoms with van der Waals surface area (Å²) >= 11 is 0. The molecule has 1 N–H and O–H groups in total. The van der Waals surface area contributed by atoms with Crippen molar-refractivity contribution < 1.29 is 13.6 Å². The van der Waals surface area contributed by atoms with Crippen LogP contribution in [0.15, 0.2) is 36.4 Å². The van der Waals surface area contributed by atoms with E-state index in [4.69, 9.17) is 0 Å². The van der Waals surface area contributed by atoms with Crippen LogP contribution in [0.4, 0.5) is 14.5 Å². The van der Waals surface area contributed by atoms with Gasteiger partial charge in [0.05, 0.1) is 0 Å². The fraction of sp³-hybridized carbons (Fsp3) is 0.133. The zero-order valence-electron chi connectivity index (χ0n) is 10.6. The molecule has 0 aliphatic rings. The van der Waals surface area contributed by atoms with Crippen molar-refractivity contribution in [2.45, 2.75) is 13.8 Å². The highest BCUT2D eigenvalue weighted by Gasteiger charge is 2.09. The average molecular weight is 261 g/mol. The maximum atomic E-state index is 13.3. The van der Waals surface area contributed by atoms with Crippen LogP contribution in [0.1, 0.15) is 21.5 Å². The molecule has 0 aliphatic heterocycles. The molecule has 0 unspecified atom stereocenters. The predicted octanol–water partition coefficient (Wildman–Crippen LogP) is 3.83. The number of amides is 1. The molecule has 4 heteroatoms. The van der Waals surface area contributed by atoms with Crippen LogP contribution in [0.2, 0.25) is 0 Å². The molecular formula is C15H13F2NO. The first-order valence-corrected chi connectivity index (χ1v) is 5.81. The van der Waals surface area contributed by atoms with Crippen LogP contribution >= 0.6 is 0 Å². The number of carbonyl (C=O) groups is 1. The van der Waals surface area contributed by atoms with E-state index in [1.54, 1.807) is 26.0 Å². The summed E-state index contributed by atoms with van der Waals surface area (Å²) in [5.74, 6) is -1.14. The molecule has 1 amide bonds.